The molecule has 0 atom stereocenters. The average Bonchev–Trinajstić information content (AvgIpc) is 2.29. The van der Waals surface area contributed by atoms with Crippen LogP contribution in [-0.4, -0.2) is 40.7 Å². The third-order valence-corrected chi connectivity index (χ3v) is 2.65. The molecule has 1 aliphatic rings. The molecule has 0 saturated carbocycles. The second kappa shape index (κ2) is 4.48. The van der Waals surface area contributed by atoms with Gasteiger partial charge in [0.2, 0.25) is 0 Å². The van der Waals surface area contributed by atoms with E-state index in [2.05, 4.69) is 15.0 Å². The summed E-state index contributed by atoms with van der Waals surface area (Å²) in [5, 5.41) is 0. The smallest absolute Gasteiger partial charge is 0.252 e. The number of rotatable bonds is 1. The number of carbonyl (C=O) groups is 1. The van der Waals surface area contributed by atoms with E-state index in [4.69, 9.17) is 5.73 Å². The number of guanidine groups is 1. The van der Waals surface area contributed by atoms with Crippen molar-refractivity contribution >= 4 is 17.7 Å². The Bertz CT molecular complexity index is 481. The first-order valence-electron chi connectivity index (χ1n) is 5.48. The Morgan fingerprint density at radius 3 is 2.94 bits per heavy atom. The van der Waals surface area contributed by atoms with Gasteiger partial charge in [0.1, 0.15) is 0 Å². The lowest BCUT2D eigenvalue weighted by molar-refractivity contribution is 0.0971. The van der Waals surface area contributed by atoms with Gasteiger partial charge < -0.3 is 10.6 Å². The molecule has 0 fully saturated rings. The predicted octanol–water partition coefficient (Wildman–Crippen LogP) is 0.503. The van der Waals surface area contributed by atoms with Crippen molar-refractivity contribution in [2.75, 3.05) is 14.1 Å². The topological polar surface area (TPSA) is 84.5 Å². The van der Waals surface area contributed by atoms with Gasteiger partial charge in [0.25, 0.3) is 5.95 Å². The van der Waals surface area contributed by atoms with Crippen LogP contribution >= 0.6 is 0 Å². The Hall–Kier alpha value is -1.98. The zero-order chi connectivity index (χ0) is 12.4. The van der Waals surface area contributed by atoms with E-state index < -0.39 is 0 Å². The summed E-state index contributed by atoms with van der Waals surface area (Å²) in [6.45, 7) is 0. The highest BCUT2D eigenvalue weighted by atomic mass is 16.1. The molecule has 0 aromatic carbocycles. The van der Waals surface area contributed by atoms with Crippen molar-refractivity contribution in [3.05, 3.63) is 17.5 Å². The molecule has 0 unspecified atom stereocenters. The Kier molecular flexibility index (Phi) is 3.03. The average molecular weight is 233 g/mol. The van der Waals surface area contributed by atoms with Crippen LogP contribution in [0.2, 0.25) is 0 Å². The first kappa shape index (κ1) is 11.5. The summed E-state index contributed by atoms with van der Waals surface area (Å²) in [5.41, 5.74) is 7.08. The van der Waals surface area contributed by atoms with E-state index in [1.807, 2.05) is 0 Å². The van der Waals surface area contributed by atoms with Crippen LogP contribution in [0.5, 0.6) is 0 Å². The molecule has 2 N–H and O–H groups in total. The third kappa shape index (κ3) is 2.41. The van der Waals surface area contributed by atoms with E-state index in [9.17, 15) is 4.79 Å². The lowest BCUT2D eigenvalue weighted by Crippen LogP contribution is -2.30. The van der Waals surface area contributed by atoms with Crippen LogP contribution in [0.25, 0.3) is 0 Å². The maximum absolute atomic E-state index is 11.6. The quantitative estimate of drug-likeness (QED) is 0.564. The van der Waals surface area contributed by atoms with Gasteiger partial charge in [0, 0.05) is 26.7 Å². The number of aryl methyl sites for hydroxylation is 1. The number of hydrogen-bond acceptors (Lipinski definition) is 4. The number of hydrogen-bond donors (Lipinski definition) is 1. The molecule has 0 spiro atoms. The van der Waals surface area contributed by atoms with Crippen LogP contribution in [0.15, 0.2) is 11.2 Å². The maximum atomic E-state index is 11.6. The summed E-state index contributed by atoms with van der Waals surface area (Å²) in [6.07, 6.45) is 3.77. The Morgan fingerprint density at radius 1 is 1.47 bits per heavy atom. The zero-order valence-corrected chi connectivity index (χ0v) is 9.97. The number of nitrogens with zero attached hydrogens (tertiary/aromatic N) is 4. The van der Waals surface area contributed by atoms with Gasteiger partial charge in [-0.2, -0.15) is 4.99 Å². The number of carbonyl (C=O) groups excluding carboxylic acids is 1. The summed E-state index contributed by atoms with van der Waals surface area (Å²) in [6, 6.07) is 0. The summed E-state index contributed by atoms with van der Waals surface area (Å²) < 4.78 is 0. The van der Waals surface area contributed by atoms with Crippen molar-refractivity contribution in [1.29, 1.82) is 0 Å². The number of aliphatic imine (C=N–C) groups is 1. The first-order chi connectivity index (χ1) is 8.08. The van der Waals surface area contributed by atoms with Crippen LogP contribution in [-0.2, 0) is 6.42 Å². The molecule has 1 aromatic rings. The summed E-state index contributed by atoms with van der Waals surface area (Å²) in [7, 11) is 3.58. The predicted molar refractivity (Wildman–Crippen MR) is 64.3 cm³/mol. The number of ketones is 1. The van der Waals surface area contributed by atoms with Crippen LogP contribution in [0.4, 0.5) is 5.95 Å². The summed E-state index contributed by atoms with van der Waals surface area (Å²) in [4.78, 5) is 25.6. The van der Waals surface area contributed by atoms with Crippen LogP contribution in [0.3, 0.4) is 0 Å². The number of aromatic nitrogens is 2. The molecule has 90 valence electrons. The number of nitrogens with two attached hydrogens (primary N) is 1. The molecule has 0 saturated heterocycles. The molecule has 2 rings (SSSR count). The summed E-state index contributed by atoms with van der Waals surface area (Å²) in [5.74, 6) is 0.763. The minimum atomic E-state index is 0.113. The van der Waals surface area contributed by atoms with Gasteiger partial charge in [-0.15, -0.1) is 0 Å². The number of Topliss-reactive ketones (excluding diaryl/α,β-unsaturated/α-hetero) is 1. The highest BCUT2D eigenvalue weighted by molar-refractivity contribution is 5.97. The Balaban J connectivity index is 2.34. The number of fused-ring (bicyclic) bond motifs is 1. The Labute approximate surface area is 99.6 Å². The molecule has 6 nitrogen and oxygen atoms in total. The third-order valence-electron chi connectivity index (χ3n) is 2.65. The molecule has 0 bridgehead atoms. The van der Waals surface area contributed by atoms with Crippen LogP contribution < -0.4 is 5.73 Å². The van der Waals surface area contributed by atoms with Gasteiger partial charge in [-0.25, -0.2) is 9.97 Å². The normalized spacial score (nSPS) is 15.6. The van der Waals surface area contributed by atoms with Crippen molar-refractivity contribution in [2.45, 2.75) is 19.3 Å². The van der Waals surface area contributed by atoms with Gasteiger partial charge in [-0.1, -0.05) is 0 Å². The SMILES string of the molecule is CN(C)C(N)=Nc1ncc2c(n1)CCCC2=O. The minimum absolute atomic E-state index is 0.113. The van der Waals surface area contributed by atoms with Crippen molar-refractivity contribution in [3.8, 4) is 0 Å². The highest BCUT2D eigenvalue weighted by Gasteiger charge is 2.19. The van der Waals surface area contributed by atoms with Gasteiger partial charge >= 0.3 is 0 Å². The highest BCUT2D eigenvalue weighted by Crippen LogP contribution is 2.20. The van der Waals surface area contributed by atoms with Crippen LogP contribution in [0, 0.1) is 0 Å². The molecule has 0 amide bonds. The monoisotopic (exact) mass is 233 g/mol. The van der Waals surface area contributed by atoms with Gasteiger partial charge in [-0.05, 0) is 12.8 Å². The second-order valence-electron chi connectivity index (χ2n) is 4.17. The summed E-state index contributed by atoms with van der Waals surface area (Å²) >= 11 is 0. The lowest BCUT2D eigenvalue weighted by Gasteiger charge is -2.13. The van der Waals surface area contributed by atoms with Crippen LogP contribution in [0.1, 0.15) is 28.9 Å². The fourth-order valence-electron chi connectivity index (χ4n) is 1.64. The molecule has 17 heavy (non-hydrogen) atoms. The van der Waals surface area contributed by atoms with Gasteiger partial charge in [-0.3, -0.25) is 4.79 Å². The molecule has 0 radical (unpaired) electrons. The zero-order valence-electron chi connectivity index (χ0n) is 9.97. The molecule has 0 aliphatic heterocycles. The molecular weight excluding hydrogens is 218 g/mol. The fraction of sp³-hybridized carbons (Fsp3) is 0.455. The van der Waals surface area contributed by atoms with E-state index in [1.165, 1.54) is 0 Å². The maximum Gasteiger partial charge on any atom is 0.252 e. The molecule has 1 heterocycles. The van der Waals surface area contributed by atoms with E-state index in [1.54, 1.807) is 25.2 Å². The van der Waals surface area contributed by atoms with Gasteiger partial charge in [0.15, 0.2) is 11.7 Å². The van der Waals surface area contributed by atoms with E-state index in [0.717, 1.165) is 18.5 Å². The first-order valence-corrected chi connectivity index (χ1v) is 5.48. The van der Waals surface area contributed by atoms with E-state index in [-0.39, 0.29) is 5.78 Å². The minimum Gasteiger partial charge on any atom is -0.369 e. The second-order valence-corrected chi connectivity index (χ2v) is 4.17. The Morgan fingerprint density at radius 2 is 2.24 bits per heavy atom. The largest absolute Gasteiger partial charge is 0.369 e. The lowest BCUT2D eigenvalue weighted by atomic mass is 9.96. The van der Waals surface area contributed by atoms with Crippen molar-refractivity contribution in [2.24, 2.45) is 10.7 Å². The molecule has 6 heteroatoms. The van der Waals surface area contributed by atoms with Gasteiger partial charge in [0.05, 0.1) is 11.3 Å². The molecule has 1 aromatic heterocycles. The molecule has 1 aliphatic carbocycles. The fourth-order valence-corrected chi connectivity index (χ4v) is 1.64. The van der Waals surface area contributed by atoms with Crippen molar-refractivity contribution in [3.63, 3.8) is 0 Å². The van der Waals surface area contributed by atoms with Crippen molar-refractivity contribution < 1.29 is 4.79 Å². The van der Waals surface area contributed by atoms with E-state index >= 15 is 0 Å². The van der Waals surface area contributed by atoms with Crippen molar-refractivity contribution in [1.82, 2.24) is 14.9 Å². The van der Waals surface area contributed by atoms with E-state index in [0.29, 0.717) is 23.9 Å². The molecular formula is C11H15N5O. The standard InChI is InChI=1S/C11H15N5O/c1-16(2)10(12)15-11-13-6-7-8(14-11)4-3-5-9(7)17/h6H,3-5H2,1-2H3,(H2,12,13,14,15).